The van der Waals surface area contributed by atoms with Gasteiger partial charge in [-0.1, -0.05) is 0 Å². The lowest BCUT2D eigenvalue weighted by Gasteiger charge is -2.27. The Labute approximate surface area is 114 Å². The largest absolute Gasteiger partial charge is 0.466 e. The number of aryl methyl sites for hydroxylation is 2. The third kappa shape index (κ3) is 4.59. The number of hydrogen-bond acceptors (Lipinski definition) is 3. The van der Waals surface area contributed by atoms with Gasteiger partial charge in [-0.3, -0.25) is 0 Å². The van der Waals surface area contributed by atoms with Gasteiger partial charge >= 0.3 is 6.03 Å². The van der Waals surface area contributed by atoms with Crippen LogP contribution in [0.15, 0.2) is 10.5 Å². The maximum atomic E-state index is 12.0. The number of rotatable bonds is 4. The van der Waals surface area contributed by atoms with Gasteiger partial charge in [0.1, 0.15) is 11.5 Å². The summed E-state index contributed by atoms with van der Waals surface area (Å²) in [5.74, 6) is 1.65. The summed E-state index contributed by atoms with van der Waals surface area (Å²) in [6, 6.07) is 1.58. The summed E-state index contributed by atoms with van der Waals surface area (Å²) in [7, 11) is 1.66. The fourth-order valence-electron chi connectivity index (χ4n) is 2.11. The van der Waals surface area contributed by atoms with Crippen LogP contribution in [-0.4, -0.2) is 35.2 Å². The number of hydrogen-bond donors (Lipinski definition) is 2. The van der Waals surface area contributed by atoms with Gasteiger partial charge in [0.25, 0.3) is 0 Å². The molecule has 0 aromatic carbocycles. The van der Waals surface area contributed by atoms with Crippen molar-refractivity contribution in [3.05, 3.63) is 23.2 Å². The second kappa shape index (κ2) is 5.65. The van der Waals surface area contributed by atoms with Crippen molar-refractivity contribution < 1.29 is 14.3 Å². The fraction of sp³-hybridized carbons (Fsp3) is 0.643. The van der Waals surface area contributed by atoms with Gasteiger partial charge in [0.2, 0.25) is 0 Å². The molecule has 1 rings (SSSR count). The smallest absolute Gasteiger partial charge is 0.317 e. The first-order valence-electron chi connectivity index (χ1n) is 6.41. The minimum Gasteiger partial charge on any atom is -0.466 e. The zero-order valence-corrected chi connectivity index (χ0v) is 12.6. The van der Waals surface area contributed by atoms with Crippen molar-refractivity contribution in [2.45, 2.75) is 46.3 Å². The molecular formula is C14H24N2O3. The first kappa shape index (κ1) is 15.6. The molecule has 0 saturated carbocycles. The van der Waals surface area contributed by atoms with Gasteiger partial charge in [0.05, 0.1) is 18.2 Å². The van der Waals surface area contributed by atoms with Crippen molar-refractivity contribution in [3.63, 3.8) is 0 Å². The Balaban J connectivity index is 2.64. The van der Waals surface area contributed by atoms with Crippen LogP contribution in [0.5, 0.6) is 0 Å². The summed E-state index contributed by atoms with van der Waals surface area (Å²) >= 11 is 0. The summed E-state index contributed by atoms with van der Waals surface area (Å²) < 4.78 is 5.45. The molecule has 1 aromatic heterocycles. The van der Waals surface area contributed by atoms with E-state index in [1.54, 1.807) is 20.9 Å². The van der Waals surface area contributed by atoms with E-state index in [1.165, 1.54) is 4.90 Å². The minimum absolute atomic E-state index is 0.130. The number of likely N-dealkylation sites (N-methyl/N-ethyl adjacent to an activating group) is 1. The third-order valence-corrected chi connectivity index (χ3v) is 2.86. The van der Waals surface area contributed by atoms with E-state index in [2.05, 4.69) is 5.32 Å². The SMILES string of the molecule is Cc1cc(C(C)NC(=O)N(C)CC(C)(C)O)c(C)o1. The molecule has 5 heteroatoms. The first-order chi connectivity index (χ1) is 8.60. The molecule has 108 valence electrons. The Kier molecular flexibility index (Phi) is 4.63. The van der Waals surface area contributed by atoms with Gasteiger partial charge in [-0.05, 0) is 40.7 Å². The quantitative estimate of drug-likeness (QED) is 0.881. The van der Waals surface area contributed by atoms with Crippen molar-refractivity contribution in [1.82, 2.24) is 10.2 Å². The molecule has 2 N–H and O–H groups in total. The van der Waals surface area contributed by atoms with Gasteiger partial charge < -0.3 is 19.7 Å². The minimum atomic E-state index is -0.905. The lowest BCUT2D eigenvalue weighted by Crippen LogP contribution is -2.45. The first-order valence-corrected chi connectivity index (χ1v) is 6.41. The van der Waals surface area contributed by atoms with E-state index in [1.807, 2.05) is 26.8 Å². The molecule has 1 unspecified atom stereocenters. The predicted octanol–water partition coefficient (Wildman–Crippen LogP) is 2.37. The average molecular weight is 268 g/mol. The fourth-order valence-corrected chi connectivity index (χ4v) is 2.11. The van der Waals surface area contributed by atoms with Gasteiger partial charge in [-0.15, -0.1) is 0 Å². The molecule has 0 aliphatic rings. The van der Waals surface area contributed by atoms with Crippen LogP contribution < -0.4 is 5.32 Å². The highest BCUT2D eigenvalue weighted by Gasteiger charge is 2.21. The second-order valence-electron chi connectivity index (χ2n) is 5.71. The van der Waals surface area contributed by atoms with E-state index in [0.717, 1.165) is 17.1 Å². The molecule has 0 fully saturated rings. The van der Waals surface area contributed by atoms with Crippen LogP contribution in [0.4, 0.5) is 4.79 Å². The zero-order valence-electron chi connectivity index (χ0n) is 12.6. The number of aliphatic hydroxyl groups is 1. The number of nitrogens with one attached hydrogen (secondary N) is 1. The van der Waals surface area contributed by atoms with Crippen LogP contribution in [0.1, 0.15) is 43.9 Å². The van der Waals surface area contributed by atoms with E-state index in [0.29, 0.717) is 0 Å². The molecule has 0 aliphatic carbocycles. The molecule has 19 heavy (non-hydrogen) atoms. The van der Waals surface area contributed by atoms with Gasteiger partial charge in [0.15, 0.2) is 0 Å². The van der Waals surface area contributed by atoms with Crippen molar-refractivity contribution in [3.8, 4) is 0 Å². The van der Waals surface area contributed by atoms with Crippen LogP contribution in [0.2, 0.25) is 0 Å². The predicted molar refractivity (Wildman–Crippen MR) is 74.1 cm³/mol. The Bertz CT molecular complexity index is 446. The van der Waals surface area contributed by atoms with Crippen molar-refractivity contribution in [2.75, 3.05) is 13.6 Å². The highest BCUT2D eigenvalue weighted by molar-refractivity contribution is 5.74. The topological polar surface area (TPSA) is 65.7 Å². The number of carbonyl (C=O) groups is 1. The van der Waals surface area contributed by atoms with Gasteiger partial charge in [-0.25, -0.2) is 4.79 Å². The Hall–Kier alpha value is -1.49. The lowest BCUT2D eigenvalue weighted by molar-refractivity contribution is 0.0528. The van der Waals surface area contributed by atoms with Crippen LogP contribution in [0, 0.1) is 13.8 Å². The Morgan fingerprint density at radius 2 is 2.11 bits per heavy atom. The van der Waals surface area contributed by atoms with Crippen LogP contribution in [0.25, 0.3) is 0 Å². The van der Waals surface area contributed by atoms with E-state index in [-0.39, 0.29) is 18.6 Å². The van der Waals surface area contributed by atoms with Crippen LogP contribution >= 0.6 is 0 Å². The van der Waals surface area contributed by atoms with E-state index in [9.17, 15) is 9.90 Å². The second-order valence-corrected chi connectivity index (χ2v) is 5.71. The molecule has 2 amide bonds. The molecule has 0 radical (unpaired) electrons. The lowest BCUT2D eigenvalue weighted by atomic mass is 10.1. The molecule has 1 atom stereocenters. The Morgan fingerprint density at radius 3 is 2.53 bits per heavy atom. The number of urea groups is 1. The molecule has 5 nitrogen and oxygen atoms in total. The summed E-state index contributed by atoms with van der Waals surface area (Å²) in [6.07, 6.45) is 0. The molecular weight excluding hydrogens is 244 g/mol. The maximum absolute atomic E-state index is 12.0. The highest BCUT2D eigenvalue weighted by Crippen LogP contribution is 2.21. The normalized spacial score (nSPS) is 13.2. The molecule has 0 aliphatic heterocycles. The monoisotopic (exact) mass is 268 g/mol. The summed E-state index contributed by atoms with van der Waals surface area (Å²) in [4.78, 5) is 13.5. The van der Waals surface area contributed by atoms with Crippen molar-refractivity contribution >= 4 is 6.03 Å². The van der Waals surface area contributed by atoms with Crippen LogP contribution in [0.3, 0.4) is 0 Å². The van der Waals surface area contributed by atoms with Crippen molar-refractivity contribution in [1.29, 1.82) is 0 Å². The summed E-state index contributed by atoms with van der Waals surface area (Å²) in [5, 5.41) is 12.6. The van der Waals surface area contributed by atoms with Gasteiger partial charge in [-0.2, -0.15) is 0 Å². The average Bonchev–Trinajstić information content (AvgIpc) is 2.55. The number of nitrogens with zero attached hydrogens (tertiary/aromatic N) is 1. The van der Waals surface area contributed by atoms with E-state index >= 15 is 0 Å². The zero-order chi connectivity index (χ0) is 14.8. The molecule has 0 saturated heterocycles. The molecule has 1 heterocycles. The summed E-state index contributed by atoms with van der Waals surface area (Å²) in [5.41, 5.74) is 0.0693. The Morgan fingerprint density at radius 1 is 1.53 bits per heavy atom. The van der Waals surface area contributed by atoms with Gasteiger partial charge in [0, 0.05) is 12.6 Å². The number of amides is 2. The maximum Gasteiger partial charge on any atom is 0.317 e. The molecule has 0 bridgehead atoms. The highest BCUT2D eigenvalue weighted by atomic mass is 16.3. The standard InChI is InChI=1S/C14H24N2O3/c1-9-7-12(11(3)19-9)10(2)15-13(17)16(6)8-14(4,5)18/h7,10,18H,8H2,1-6H3,(H,15,17). The molecule has 0 spiro atoms. The number of furan rings is 1. The molecule has 1 aromatic rings. The van der Waals surface area contributed by atoms with Crippen molar-refractivity contribution in [2.24, 2.45) is 0 Å². The van der Waals surface area contributed by atoms with Crippen LogP contribution in [-0.2, 0) is 0 Å². The number of carbonyl (C=O) groups excluding carboxylic acids is 1. The van der Waals surface area contributed by atoms with E-state index < -0.39 is 5.60 Å². The third-order valence-electron chi connectivity index (χ3n) is 2.86. The summed E-state index contributed by atoms with van der Waals surface area (Å²) in [6.45, 7) is 9.28. The van der Waals surface area contributed by atoms with E-state index in [4.69, 9.17) is 4.42 Å².